The monoisotopic (exact) mass is 632 g/mol. The van der Waals surface area contributed by atoms with Gasteiger partial charge in [-0.05, 0) is 113 Å². The molecule has 1 saturated heterocycles. The van der Waals surface area contributed by atoms with Crippen LogP contribution >= 0.6 is 0 Å². The van der Waals surface area contributed by atoms with Crippen molar-refractivity contribution in [3.8, 4) is 5.75 Å². The van der Waals surface area contributed by atoms with Gasteiger partial charge in [0.1, 0.15) is 24.1 Å². The zero-order chi connectivity index (χ0) is 32.4. The summed E-state index contributed by atoms with van der Waals surface area (Å²) in [6, 6.07) is 7.98. The van der Waals surface area contributed by atoms with Gasteiger partial charge >= 0.3 is 0 Å². The second-order valence-corrected chi connectivity index (χ2v) is 16.9. The van der Waals surface area contributed by atoms with Crippen LogP contribution in [0.15, 0.2) is 59.7 Å². The van der Waals surface area contributed by atoms with Crippen molar-refractivity contribution in [3.05, 3.63) is 65.3 Å². The van der Waals surface area contributed by atoms with Crippen molar-refractivity contribution >= 4 is 0 Å². The van der Waals surface area contributed by atoms with Gasteiger partial charge in [-0.25, -0.2) is 9.78 Å². The minimum absolute atomic E-state index is 0.00660. The molecule has 7 nitrogen and oxygen atoms in total. The molecule has 8 rings (SSSR count). The Labute approximate surface area is 273 Å². The Hall–Kier alpha value is -2.00. The molecule has 0 spiro atoms. The number of hydrogen-bond donors (Lipinski definition) is 3. The van der Waals surface area contributed by atoms with Crippen molar-refractivity contribution in [1.82, 2.24) is 0 Å². The molecule has 1 aromatic rings. The van der Waals surface area contributed by atoms with Crippen LogP contribution in [0.2, 0.25) is 0 Å². The third-order valence-electron chi connectivity index (χ3n) is 14.9. The summed E-state index contributed by atoms with van der Waals surface area (Å²) in [7, 11) is 1.67. The highest BCUT2D eigenvalue weighted by molar-refractivity contribution is 5.43. The number of benzene rings is 1. The van der Waals surface area contributed by atoms with Gasteiger partial charge in [-0.15, -0.1) is 0 Å². The van der Waals surface area contributed by atoms with E-state index >= 15 is 0 Å². The Kier molecular flexibility index (Phi) is 6.97. The van der Waals surface area contributed by atoms with E-state index in [1.165, 1.54) is 5.57 Å². The van der Waals surface area contributed by atoms with E-state index in [0.717, 1.165) is 49.0 Å². The van der Waals surface area contributed by atoms with Crippen molar-refractivity contribution in [3.63, 3.8) is 0 Å². The Morgan fingerprint density at radius 2 is 1.85 bits per heavy atom. The summed E-state index contributed by atoms with van der Waals surface area (Å²) in [4.78, 5) is 12.4. The Bertz CT molecular complexity index is 1480. The molecule has 3 N–H and O–H groups in total. The van der Waals surface area contributed by atoms with Crippen LogP contribution in [0.5, 0.6) is 5.75 Å². The summed E-state index contributed by atoms with van der Waals surface area (Å²) in [6.07, 6.45) is 12.2. The average molecular weight is 633 g/mol. The van der Waals surface area contributed by atoms with Crippen LogP contribution in [-0.4, -0.2) is 60.1 Å². The number of methoxy groups -OCH3 is 1. The molecule has 0 aromatic heterocycles. The van der Waals surface area contributed by atoms with Gasteiger partial charge in [-0.2, -0.15) is 0 Å². The van der Waals surface area contributed by atoms with E-state index in [4.69, 9.17) is 19.2 Å². The maximum absolute atomic E-state index is 12.4. The van der Waals surface area contributed by atoms with E-state index < -0.39 is 12.2 Å². The Morgan fingerprint density at radius 3 is 2.57 bits per heavy atom. The largest absolute Gasteiger partial charge is 0.497 e. The number of aliphatic hydroxyl groups is 3. The van der Waals surface area contributed by atoms with E-state index in [2.05, 4.69) is 45.9 Å². The first kappa shape index (κ1) is 31.3. The molecule has 0 bridgehead atoms. The van der Waals surface area contributed by atoms with E-state index in [9.17, 15) is 15.3 Å². The highest BCUT2D eigenvalue weighted by atomic mass is 17.2. The highest BCUT2D eigenvalue weighted by Crippen LogP contribution is 2.89. The quantitative estimate of drug-likeness (QED) is 0.267. The summed E-state index contributed by atoms with van der Waals surface area (Å²) in [6.45, 7) is 12.0. The van der Waals surface area contributed by atoms with Gasteiger partial charge in [0.25, 0.3) is 0 Å². The van der Waals surface area contributed by atoms with Gasteiger partial charge in [0.2, 0.25) is 0 Å². The van der Waals surface area contributed by atoms with Crippen LogP contribution in [-0.2, 0) is 14.5 Å². The molecule has 1 aromatic carbocycles. The molecule has 2 aliphatic heterocycles. The first-order chi connectivity index (χ1) is 21.9. The summed E-state index contributed by atoms with van der Waals surface area (Å²) in [5.41, 5.74) is 2.63. The highest BCUT2D eigenvalue weighted by Gasteiger charge is 2.85. The smallest absolute Gasteiger partial charge is 0.137 e. The number of hydrogen-bond acceptors (Lipinski definition) is 7. The van der Waals surface area contributed by atoms with Gasteiger partial charge in [0, 0.05) is 11.3 Å². The topological polar surface area (TPSA) is 97.6 Å². The van der Waals surface area contributed by atoms with Crippen molar-refractivity contribution < 1.29 is 34.6 Å². The zero-order valence-corrected chi connectivity index (χ0v) is 28.2. The second kappa shape index (κ2) is 10.3. The standard InChI is InChI=1S/C39H52O7/c1-22(19-40)15-29-34(42)25(20-44-29)26-11-14-39-21-38(26,39)13-12-31-36(4)18-30-27(35(2,3)32(36)17-33(41)37(31,39)5)16-28(45-46-30)23-7-9-24(43-6)10-8-23/h7-10,12-13,15-16,25-26,28-34,40-42H,11,14,17-21H2,1-6H3/b22-15+/t25-,26+,28+,29+,30+,31-,32+,33-,34-,36-,37+,38-,39-/m1/s1. The molecule has 5 fully saturated rings. The molecule has 0 radical (unpaired) electrons. The zero-order valence-electron chi connectivity index (χ0n) is 28.2. The minimum Gasteiger partial charge on any atom is -0.497 e. The molecule has 250 valence electrons. The van der Waals surface area contributed by atoms with E-state index in [0.29, 0.717) is 12.5 Å². The SMILES string of the molecule is COc1ccc([C@@H]2C=C3[C@H](C[C@]4(C)[C@H]5C=C[C@]67C[C@]6(CC[C@H]7[C@H]6CO[C@@H](/C=C(\C)CO)[C@@H]6O)[C@]5(C)[C@H](O)C[C@H]4C3(C)C)OO2)cc1. The van der Waals surface area contributed by atoms with Crippen LogP contribution in [0.1, 0.15) is 78.4 Å². The van der Waals surface area contributed by atoms with Crippen molar-refractivity contribution in [2.75, 3.05) is 20.3 Å². The third-order valence-corrected chi connectivity index (χ3v) is 14.9. The summed E-state index contributed by atoms with van der Waals surface area (Å²) >= 11 is 0. The molecule has 4 saturated carbocycles. The lowest BCUT2D eigenvalue weighted by atomic mass is 9.38. The molecule has 7 aliphatic rings. The van der Waals surface area contributed by atoms with Crippen LogP contribution in [0, 0.1) is 50.7 Å². The van der Waals surface area contributed by atoms with Gasteiger partial charge in [-0.1, -0.05) is 58.1 Å². The molecule has 0 amide bonds. The minimum atomic E-state index is -0.580. The lowest BCUT2D eigenvalue weighted by molar-refractivity contribution is -0.362. The lowest BCUT2D eigenvalue weighted by Crippen LogP contribution is -2.65. The normalized spacial score (nSPS) is 50.1. The number of ether oxygens (including phenoxy) is 2. The van der Waals surface area contributed by atoms with Gasteiger partial charge in [-0.3, -0.25) is 0 Å². The predicted octanol–water partition coefficient (Wildman–Crippen LogP) is 6.10. The first-order valence-electron chi connectivity index (χ1n) is 17.5. The van der Waals surface area contributed by atoms with Gasteiger partial charge in [0.05, 0.1) is 32.5 Å². The molecular weight excluding hydrogens is 580 g/mol. The Morgan fingerprint density at radius 1 is 1.09 bits per heavy atom. The number of rotatable bonds is 5. The number of fused-ring (bicyclic) bond motifs is 4. The van der Waals surface area contributed by atoms with Crippen molar-refractivity contribution in [2.45, 2.75) is 97.2 Å². The summed E-state index contributed by atoms with van der Waals surface area (Å²) in [5, 5.41) is 33.4. The maximum Gasteiger partial charge on any atom is 0.137 e. The summed E-state index contributed by atoms with van der Waals surface area (Å²) < 4.78 is 11.5. The number of aliphatic hydroxyl groups excluding tert-OH is 3. The summed E-state index contributed by atoms with van der Waals surface area (Å²) in [5.74, 6) is 1.68. The molecule has 2 heterocycles. The Balaban J connectivity index is 1.11. The third kappa shape index (κ3) is 3.87. The average Bonchev–Trinajstić information content (AvgIpc) is 3.46. The second-order valence-electron chi connectivity index (χ2n) is 16.9. The van der Waals surface area contributed by atoms with E-state index in [-0.39, 0.29) is 69.7 Å². The van der Waals surface area contributed by atoms with Gasteiger partial charge in [0.15, 0.2) is 0 Å². The molecule has 7 heteroatoms. The van der Waals surface area contributed by atoms with E-state index in [1.54, 1.807) is 7.11 Å². The fourth-order valence-corrected chi connectivity index (χ4v) is 12.7. The van der Waals surface area contributed by atoms with Crippen LogP contribution < -0.4 is 4.74 Å². The maximum atomic E-state index is 12.4. The first-order valence-corrected chi connectivity index (χ1v) is 17.5. The number of allylic oxidation sites excluding steroid dienone is 2. The van der Waals surface area contributed by atoms with Gasteiger partial charge < -0.3 is 24.8 Å². The van der Waals surface area contributed by atoms with Crippen LogP contribution in [0.3, 0.4) is 0 Å². The molecule has 13 atom stereocenters. The van der Waals surface area contributed by atoms with Crippen LogP contribution in [0.4, 0.5) is 0 Å². The molecule has 5 aliphatic carbocycles. The predicted molar refractivity (Wildman–Crippen MR) is 173 cm³/mol. The molecule has 46 heavy (non-hydrogen) atoms. The van der Waals surface area contributed by atoms with Crippen molar-refractivity contribution in [2.24, 2.45) is 50.7 Å². The van der Waals surface area contributed by atoms with E-state index in [1.807, 2.05) is 37.3 Å². The fourth-order valence-electron chi connectivity index (χ4n) is 12.7. The molecular formula is C39H52O7. The molecule has 0 unspecified atom stereocenters. The van der Waals surface area contributed by atoms with Crippen molar-refractivity contribution in [1.29, 1.82) is 0 Å². The lowest BCUT2D eigenvalue weighted by Gasteiger charge is -2.67. The fraction of sp³-hybridized carbons (Fsp3) is 0.692. The van der Waals surface area contributed by atoms with Crippen LogP contribution in [0.25, 0.3) is 0 Å².